The van der Waals surface area contributed by atoms with Crippen molar-refractivity contribution in [3.8, 4) is 0 Å². The lowest BCUT2D eigenvalue weighted by molar-refractivity contribution is -0.326. The van der Waals surface area contributed by atoms with E-state index in [9.17, 15) is 39.9 Å². The summed E-state index contributed by atoms with van der Waals surface area (Å²) in [7, 11) is 0. The number of hydrogen-bond acceptors (Lipinski definition) is 1. The lowest BCUT2D eigenvalue weighted by atomic mass is 10.0. The van der Waals surface area contributed by atoms with Crippen LogP contribution in [0.25, 0.3) is 0 Å². The summed E-state index contributed by atoms with van der Waals surface area (Å²) in [5.74, 6) is -21.9. The lowest BCUT2D eigenvalue weighted by Crippen LogP contribution is -2.61. The summed E-state index contributed by atoms with van der Waals surface area (Å²) in [5.41, 5.74) is -0.467. The Morgan fingerprint density at radius 1 is 1.00 bits per heavy atom. The van der Waals surface area contributed by atoms with Crippen LogP contribution in [0.2, 0.25) is 5.02 Å². The molecule has 0 saturated heterocycles. The van der Waals surface area contributed by atoms with Gasteiger partial charge in [0.2, 0.25) is 0 Å². The Balaban J connectivity index is 3.06. The fourth-order valence-electron chi connectivity index (χ4n) is 1.23. The molecule has 0 atom stereocenters. The molecule has 1 aromatic rings. The normalized spacial score (nSPS) is 13.4. The van der Waals surface area contributed by atoms with Crippen molar-refractivity contribution in [2.24, 2.45) is 0 Å². The van der Waals surface area contributed by atoms with Gasteiger partial charge in [-0.3, -0.25) is 4.79 Å². The number of halogens is 9. The van der Waals surface area contributed by atoms with Crippen LogP contribution in [0.1, 0.15) is 0 Å². The van der Waals surface area contributed by atoms with E-state index >= 15 is 0 Å². The average molecular weight is 356 g/mol. The van der Waals surface area contributed by atoms with Gasteiger partial charge in [-0.25, -0.2) is 8.78 Å². The summed E-state index contributed by atoms with van der Waals surface area (Å²) in [5, 5.41) is 1.33. The summed E-state index contributed by atoms with van der Waals surface area (Å²) in [6, 6.07) is 4.00. The van der Waals surface area contributed by atoms with Gasteiger partial charge in [-0.05, 0) is 24.3 Å². The molecular weight excluding hydrogens is 350 g/mol. The Kier molecular flexibility index (Phi) is 4.95. The van der Waals surface area contributed by atoms with Crippen LogP contribution >= 0.6 is 11.6 Å². The van der Waals surface area contributed by atoms with Crippen LogP contribution in [-0.4, -0.2) is 30.1 Å². The van der Waals surface area contributed by atoms with Gasteiger partial charge in [-0.15, -0.1) is 0 Å². The maximum atomic E-state index is 13.2. The van der Waals surface area contributed by atoms with E-state index < -0.39 is 35.8 Å². The second-order valence-corrected chi connectivity index (χ2v) is 4.47. The number of benzene rings is 1. The summed E-state index contributed by atoms with van der Waals surface area (Å²) in [4.78, 5) is 11.1. The highest BCUT2D eigenvalue weighted by atomic mass is 35.5. The average Bonchev–Trinajstić information content (AvgIpc) is 2.40. The number of amides is 1. The first-order chi connectivity index (χ1) is 9.84. The third-order valence-electron chi connectivity index (χ3n) is 2.47. The smallest absolute Gasteiger partial charge is 0.321 e. The first kappa shape index (κ1) is 18.5. The van der Waals surface area contributed by atoms with Gasteiger partial charge in [0, 0.05) is 10.7 Å². The van der Waals surface area contributed by atoms with Gasteiger partial charge in [-0.1, -0.05) is 11.6 Å². The maximum absolute atomic E-state index is 13.2. The molecule has 0 radical (unpaired) electrons. The van der Waals surface area contributed by atoms with Gasteiger partial charge in [0.25, 0.3) is 0 Å². The third-order valence-corrected chi connectivity index (χ3v) is 2.73. The molecule has 0 fully saturated rings. The van der Waals surface area contributed by atoms with E-state index in [2.05, 4.69) is 0 Å². The van der Waals surface area contributed by atoms with Crippen LogP contribution < -0.4 is 5.32 Å². The number of hydrogen-bond donors (Lipinski definition) is 1. The van der Waals surface area contributed by atoms with Gasteiger partial charge in [0.05, 0.1) is 0 Å². The van der Waals surface area contributed by atoms with Crippen molar-refractivity contribution in [3.63, 3.8) is 0 Å². The molecule has 0 heterocycles. The van der Waals surface area contributed by atoms with E-state index in [4.69, 9.17) is 11.6 Å². The molecule has 0 aromatic heterocycles. The van der Waals surface area contributed by atoms with E-state index in [1.165, 1.54) is 5.32 Å². The second kappa shape index (κ2) is 5.90. The highest BCUT2D eigenvalue weighted by Crippen LogP contribution is 2.48. The summed E-state index contributed by atoms with van der Waals surface area (Å²) >= 11 is 5.44. The fraction of sp³-hybridized carbons (Fsp3) is 0.364. The van der Waals surface area contributed by atoms with Gasteiger partial charge in [-0.2, -0.15) is 26.3 Å². The molecule has 124 valence electrons. The monoisotopic (exact) mass is 355 g/mol. The molecule has 2 nitrogen and oxygen atoms in total. The number of nitrogens with one attached hydrogen (secondary N) is 1. The van der Waals surface area contributed by atoms with Crippen LogP contribution in [0.3, 0.4) is 0 Å². The Morgan fingerprint density at radius 3 is 1.86 bits per heavy atom. The van der Waals surface area contributed by atoms with E-state index in [-0.39, 0.29) is 5.02 Å². The van der Waals surface area contributed by atoms with Gasteiger partial charge in [0.15, 0.2) is 0 Å². The highest BCUT2D eigenvalue weighted by Gasteiger charge is 2.78. The predicted molar refractivity (Wildman–Crippen MR) is 60.9 cm³/mol. The molecular formula is C11H6ClF8NO. The molecule has 0 bridgehead atoms. The molecule has 0 aliphatic rings. The van der Waals surface area contributed by atoms with Crippen molar-refractivity contribution in [3.05, 3.63) is 29.3 Å². The van der Waals surface area contributed by atoms with Crippen LogP contribution in [-0.2, 0) is 4.79 Å². The van der Waals surface area contributed by atoms with Crippen molar-refractivity contribution in [2.75, 3.05) is 5.32 Å². The topological polar surface area (TPSA) is 29.1 Å². The van der Waals surface area contributed by atoms with E-state index in [1.807, 2.05) is 0 Å². The largest absolute Gasteiger partial charge is 0.393 e. The van der Waals surface area contributed by atoms with Gasteiger partial charge in [0.1, 0.15) is 0 Å². The molecule has 22 heavy (non-hydrogen) atoms. The van der Waals surface area contributed by atoms with E-state index in [0.717, 1.165) is 24.3 Å². The molecule has 0 saturated carbocycles. The molecule has 0 spiro atoms. The minimum Gasteiger partial charge on any atom is -0.321 e. The zero-order valence-electron chi connectivity index (χ0n) is 10.2. The minimum atomic E-state index is -6.59. The number of anilines is 1. The second-order valence-electron chi connectivity index (χ2n) is 4.03. The quantitative estimate of drug-likeness (QED) is 0.777. The van der Waals surface area contributed by atoms with E-state index in [0.29, 0.717) is 0 Å². The Labute approximate surface area is 123 Å². The zero-order chi connectivity index (χ0) is 17.3. The summed E-state index contributed by atoms with van der Waals surface area (Å²) in [6.45, 7) is 0. The number of alkyl halides is 8. The standard InChI is InChI=1S/C11H6ClF8NO/c12-5-1-3-6(4-2-5)21-8(22)10(17,18)11(19,20)9(15,16)7(13)14/h1-4,7H,(H,21,22). The van der Waals surface area contributed by atoms with Crippen LogP contribution in [0.4, 0.5) is 40.8 Å². The SMILES string of the molecule is O=C(Nc1ccc(Cl)cc1)C(F)(F)C(F)(F)C(F)(F)C(F)F. The molecule has 1 aromatic carbocycles. The minimum absolute atomic E-state index is 0.110. The Hall–Kier alpha value is -1.58. The molecule has 1 rings (SSSR count). The molecule has 1 amide bonds. The Bertz CT molecular complexity index is 546. The lowest BCUT2D eigenvalue weighted by Gasteiger charge is -2.31. The van der Waals surface area contributed by atoms with Crippen molar-refractivity contribution in [2.45, 2.75) is 24.2 Å². The fourth-order valence-corrected chi connectivity index (χ4v) is 1.36. The zero-order valence-corrected chi connectivity index (χ0v) is 11.0. The predicted octanol–water partition coefficient (Wildman–Crippen LogP) is 4.45. The van der Waals surface area contributed by atoms with Crippen LogP contribution in [0.5, 0.6) is 0 Å². The van der Waals surface area contributed by atoms with Gasteiger partial charge >= 0.3 is 30.1 Å². The molecule has 11 heteroatoms. The van der Waals surface area contributed by atoms with Crippen molar-refractivity contribution in [1.82, 2.24) is 0 Å². The Morgan fingerprint density at radius 2 is 1.45 bits per heavy atom. The number of carbonyl (C=O) groups is 1. The van der Waals surface area contributed by atoms with Crippen molar-refractivity contribution < 1.29 is 39.9 Å². The third kappa shape index (κ3) is 3.11. The van der Waals surface area contributed by atoms with Crippen molar-refractivity contribution in [1.29, 1.82) is 0 Å². The molecule has 1 N–H and O–H groups in total. The highest BCUT2D eigenvalue weighted by molar-refractivity contribution is 6.30. The first-order valence-corrected chi connectivity index (χ1v) is 5.70. The van der Waals surface area contributed by atoms with Crippen molar-refractivity contribution >= 4 is 23.2 Å². The number of carbonyl (C=O) groups excluding carboxylic acids is 1. The summed E-state index contributed by atoms with van der Waals surface area (Å²) in [6.07, 6.45) is -5.09. The van der Waals surface area contributed by atoms with Crippen LogP contribution in [0, 0.1) is 0 Å². The van der Waals surface area contributed by atoms with Crippen LogP contribution in [0.15, 0.2) is 24.3 Å². The van der Waals surface area contributed by atoms with Gasteiger partial charge < -0.3 is 5.32 Å². The summed E-state index contributed by atoms with van der Waals surface area (Å²) < 4.78 is 101. The maximum Gasteiger partial charge on any atom is 0.393 e. The molecule has 0 aliphatic carbocycles. The molecule has 0 aliphatic heterocycles. The first-order valence-electron chi connectivity index (χ1n) is 5.32. The van der Waals surface area contributed by atoms with E-state index in [1.54, 1.807) is 0 Å². The molecule has 0 unspecified atom stereocenters. The number of rotatable bonds is 5.